The summed E-state index contributed by atoms with van der Waals surface area (Å²) in [6, 6.07) is 8.77. The molecule has 3 nitrogen and oxygen atoms in total. The summed E-state index contributed by atoms with van der Waals surface area (Å²) in [5.41, 5.74) is 2.24. The third-order valence-corrected chi connectivity index (χ3v) is 4.87. The molecule has 3 heteroatoms. The van der Waals surface area contributed by atoms with Crippen molar-refractivity contribution in [1.82, 2.24) is 9.80 Å². The number of amides is 1. The van der Waals surface area contributed by atoms with E-state index in [1.54, 1.807) is 0 Å². The van der Waals surface area contributed by atoms with Gasteiger partial charge in [0.05, 0.1) is 0 Å². The largest absolute Gasteiger partial charge is 0.336 e. The Labute approximate surface area is 127 Å². The predicted molar refractivity (Wildman–Crippen MR) is 85.6 cm³/mol. The molecule has 2 heterocycles. The third-order valence-electron chi connectivity index (χ3n) is 4.87. The van der Waals surface area contributed by atoms with Gasteiger partial charge >= 0.3 is 0 Å². The van der Waals surface area contributed by atoms with Crippen LogP contribution in [0.4, 0.5) is 0 Å². The number of fused-ring (bicyclic) bond motifs is 1. The van der Waals surface area contributed by atoms with E-state index in [9.17, 15) is 4.79 Å². The smallest absolute Gasteiger partial charge is 0.253 e. The van der Waals surface area contributed by atoms with Crippen molar-refractivity contribution in [2.75, 3.05) is 26.2 Å². The summed E-state index contributed by atoms with van der Waals surface area (Å²) in [6.45, 7) is 10.6. The van der Waals surface area contributed by atoms with Crippen molar-refractivity contribution < 1.29 is 4.79 Å². The SMILES string of the molecule is CC(C)(C)c1ccc(C(=O)N2CCN3CCCC3C2)cc1. The molecule has 2 saturated heterocycles. The Balaban J connectivity index is 1.70. The molecule has 0 N–H and O–H groups in total. The highest BCUT2D eigenvalue weighted by Crippen LogP contribution is 2.24. The molecule has 1 atom stereocenters. The van der Waals surface area contributed by atoms with Gasteiger partial charge in [0, 0.05) is 31.2 Å². The minimum Gasteiger partial charge on any atom is -0.336 e. The van der Waals surface area contributed by atoms with Crippen molar-refractivity contribution >= 4 is 5.91 Å². The molecule has 2 fully saturated rings. The van der Waals surface area contributed by atoms with E-state index in [0.29, 0.717) is 6.04 Å². The molecule has 0 bridgehead atoms. The lowest BCUT2D eigenvalue weighted by molar-refractivity contribution is 0.0571. The highest BCUT2D eigenvalue weighted by Gasteiger charge is 2.32. The molecule has 0 radical (unpaired) electrons. The minimum atomic E-state index is 0.136. The zero-order valence-electron chi connectivity index (χ0n) is 13.4. The summed E-state index contributed by atoms with van der Waals surface area (Å²) < 4.78 is 0. The molecule has 1 unspecified atom stereocenters. The van der Waals surface area contributed by atoms with Crippen LogP contribution in [-0.2, 0) is 5.41 Å². The molecule has 0 aromatic heterocycles. The number of piperazine rings is 1. The highest BCUT2D eigenvalue weighted by molar-refractivity contribution is 5.94. The van der Waals surface area contributed by atoms with Gasteiger partial charge in [-0.25, -0.2) is 0 Å². The molecule has 1 aromatic rings. The molecule has 3 rings (SSSR count). The predicted octanol–water partition coefficient (Wildman–Crippen LogP) is 2.90. The van der Waals surface area contributed by atoms with Gasteiger partial charge in [0.25, 0.3) is 5.91 Å². The maximum absolute atomic E-state index is 12.7. The number of hydrogen-bond acceptors (Lipinski definition) is 2. The lowest BCUT2D eigenvalue weighted by atomic mass is 9.86. The summed E-state index contributed by atoms with van der Waals surface area (Å²) in [6.07, 6.45) is 2.53. The first-order valence-corrected chi connectivity index (χ1v) is 8.09. The van der Waals surface area contributed by atoms with Crippen LogP contribution in [0.1, 0.15) is 49.5 Å². The van der Waals surface area contributed by atoms with E-state index >= 15 is 0 Å². The van der Waals surface area contributed by atoms with Gasteiger partial charge in [0.2, 0.25) is 0 Å². The van der Waals surface area contributed by atoms with Gasteiger partial charge in [-0.15, -0.1) is 0 Å². The van der Waals surface area contributed by atoms with E-state index in [2.05, 4.69) is 37.8 Å². The first-order valence-electron chi connectivity index (χ1n) is 8.09. The average molecular weight is 286 g/mol. The second-order valence-electron chi connectivity index (χ2n) is 7.41. The highest BCUT2D eigenvalue weighted by atomic mass is 16.2. The molecule has 114 valence electrons. The fourth-order valence-corrected chi connectivity index (χ4v) is 3.47. The maximum Gasteiger partial charge on any atom is 0.253 e. The lowest BCUT2D eigenvalue weighted by Gasteiger charge is -2.37. The van der Waals surface area contributed by atoms with Crippen molar-refractivity contribution in [3.05, 3.63) is 35.4 Å². The van der Waals surface area contributed by atoms with Crippen LogP contribution in [0.15, 0.2) is 24.3 Å². The molecule has 1 aromatic carbocycles. The summed E-state index contributed by atoms with van der Waals surface area (Å²) in [7, 11) is 0. The van der Waals surface area contributed by atoms with Gasteiger partial charge in [-0.05, 0) is 42.5 Å². The molecule has 1 amide bonds. The van der Waals surface area contributed by atoms with Crippen LogP contribution in [0.5, 0.6) is 0 Å². The van der Waals surface area contributed by atoms with E-state index in [4.69, 9.17) is 0 Å². The third kappa shape index (κ3) is 2.98. The average Bonchev–Trinajstić information content (AvgIpc) is 2.93. The van der Waals surface area contributed by atoms with Crippen LogP contribution in [0.25, 0.3) is 0 Å². The summed E-state index contributed by atoms with van der Waals surface area (Å²) >= 11 is 0. The normalized spacial score (nSPS) is 23.2. The number of nitrogens with zero attached hydrogens (tertiary/aromatic N) is 2. The number of hydrogen-bond donors (Lipinski definition) is 0. The Kier molecular flexibility index (Phi) is 3.78. The Morgan fingerprint density at radius 2 is 1.81 bits per heavy atom. The van der Waals surface area contributed by atoms with Gasteiger partial charge in [-0.2, -0.15) is 0 Å². The van der Waals surface area contributed by atoms with Gasteiger partial charge in [0.1, 0.15) is 0 Å². The summed E-state index contributed by atoms with van der Waals surface area (Å²) in [5, 5.41) is 0. The quantitative estimate of drug-likeness (QED) is 0.792. The number of carbonyl (C=O) groups excluding carboxylic acids is 1. The standard InChI is InChI=1S/C18H26N2O/c1-18(2,3)15-8-6-14(7-9-15)17(21)20-12-11-19-10-4-5-16(19)13-20/h6-9,16H,4-5,10-13H2,1-3H3. The molecule has 21 heavy (non-hydrogen) atoms. The number of benzene rings is 1. The van der Waals surface area contributed by atoms with Crippen LogP contribution in [0.3, 0.4) is 0 Å². The van der Waals surface area contributed by atoms with Crippen molar-refractivity contribution in [2.24, 2.45) is 0 Å². The Morgan fingerprint density at radius 1 is 1.10 bits per heavy atom. The maximum atomic E-state index is 12.7. The Morgan fingerprint density at radius 3 is 2.48 bits per heavy atom. The van der Waals surface area contributed by atoms with Crippen molar-refractivity contribution in [3.8, 4) is 0 Å². The van der Waals surface area contributed by atoms with Crippen LogP contribution >= 0.6 is 0 Å². The number of rotatable bonds is 1. The van der Waals surface area contributed by atoms with Crippen LogP contribution in [0, 0.1) is 0 Å². The van der Waals surface area contributed by atoms with Gasteiger partial charge in [-0.1, -0.05) is 32.9 Å². The molecule has 0 spiro atoms. The molecular formula is C18H26N2O. The lowest BCUT2D eigenvalue weighted by Crippen LogP contribution is -2.52. The summed E-state index contributed by atoms with van der Waals surface area (Å²) in [4.78, 5) is 17.2. The second kappa shape index (κ2) is 5.45. The van der Waals surface area contributed by atoms with E-state index in [1.807, 2.05) is 17.0 Å². The molecular weight excluding hydrogens is 260 g/mol. The fourth-order valence-electron chi connectivity index (χ4n) is 3.47. The minimum absolute atomic E-state index is 0.136. The zero-order valence-corrected chi connectivity index (χ0v) is 13.4. The van der Waals surface area contributed by atoms with Crippen molar-refractivity contribution in [3.63, 3.8) is 0 Å². The van der Waals surface area contributed by atoms with Crippen molar-refractivity contribution in [1.29, 1.82) is 0 Å². The number of carbonyl (C=O) groups is 1. The van der Waals surface area contributed by atoms with E-state index in [0.717, 1.165) is 25.2 Å². The van der Waals surface area contributed by atoms with Gasteiger partial charge < -0.3 is 4.90 Å². The summed E-state index contributed by atoms with van der Waals surface area (Å²) in [5.74, 6) is 0.196. The van der Waals surface area contributed by atoms with Crippen LogP contribution in [-0.4, -0.2) is 47.9 Å². The van der Waals surface area contributed by atoms with Gasteiger partial charge in [0.15, 0.2) is 0 Å². The molecule has 0 saturated carbocycles. The fraction of sp³-hybridized carbons (Fsp3) is 0.611. The second-order valence-corrected chi connectivity index (χ2v) is 7.41. The van der Waals surface area contributed by atoms with Crippen LogP contribution < -0.4 is 0 Å². The Hall–Kier alpha value is -1.35. The van der Waals surface area contributed by atoms with E-state index in [-0.39, 0.29) is 11.3 Å². The molecule has 0 aliphatic carbocycles. The van der Waals surface area contributed by atoms with Crippen molar-refractivity contribution in [2.45, 2.75) is 45.1 Å². The van der Waals surface area contributed by atoms with E-state index in [1.165, 1.54) is 24.9 Å². The first-order chi connectivity index (χ1) is 9.95. The molecule has 2 aliphatic heterocycles. The Bertz CT molecular complexity index is 515. The van der Waals surface area contributed by atoms with Gasteiger partial charge in [-0.3, -0.25) is 9.69 Å². The topological polar surface area (TPSA) is 23.6 Å². The van der Waals surface area contributed by atoms with Crippen LogP contribution in [0.2, 0.25) is 0 Å². The molecule has 2 aliphatic rings. The zero-order chi connectivity index (χ0) is 15.0. The monoisotopic (exact) mass is 286 g/mol. The van der Waals surface area contributed by atoms with E-state index < -0.39 is 0 Å². The first kappa shape index (κ1) is 14.6.